The third-order valence-corrected chi connectivity index (χ3v) is 8.90. The van der Waals surface area contributed by atoms with Crippen LogP contribution in [0.5, 0.6) is 11.5 Å². The quantitative estimate of drug-likeness (QED) is 0.213. The van der Waals surface area contributed by atoms with Gasteiger partial charge in [-0.1, -0.05) is 59.3 Å². The summed E-state index contributed by atoms with van der Waals surface area (Å²) in [5, 5.41) is 0.516. The van der Waals surface area contributed by atoms with Gasteiger partial charge in [-0.3, -0.25) is 9.36 Å². The van der Waals surface area contributed by atoms with E-state index in [0.717, 1.165) is 11.3 Å². The van der Waals surface area contributed by atoms with Crippen LogP contribution in [0.25, 0.3) is 6.08 Å². The monoisotopic (exact) mass is 624 g/mol. The van der Waals surface area contributed by atoms with Gasteiger partial charge in [0.2, 0.25) is 0 Å². The fourth-order valence-corrected chi connectivity index (χ4v) is 6.63. The van der Waals surface area contributed by atoms with E-state index in [1.807, 2.05) is 0 Å². The average molecular weight is 625 g/mol. The zero-order valence-electron chi connectivity index (χ0n) is 22.7. The number of carbonyl (C=O) groups is 1. The Labute approximate surface area is 250 Å². The molecule has 4 aromatic rings. The van der Waals surface area contributed by atoms with E-state index >= 15 is 0 Å². The number of aromatic nitrogens is 1. The van der Waals surface area contributed by atoms with Gasteiger partial charge < -0.3 is 13.7 Å². The zero-order valence-corrected chi connectivity index (χ0v) is 25.1. The topological polar surface area (TPSA) is 113 Å². The molecule has 0 saturated heterocycles. The van der Waals surface area contributed by atoms with E-state index in [4.69, 9.17) is 25.3 Å². The molecule has 1 aliphatic heterocycles. The van der Waals surface area contributed by atoms with Gasteiger partial charge in [-0.25, -0.2) is 9.79 Å². The Kier molecular flexibility index (Phi) is 8.35. The third kappa shape index (κ3) is 5.76. The summed E-state index contributed by atoms with van der Waals surface area (Å²) in [5.74, 6) is -0.397. The lowest BCUT2D eigenvalue weighted by atomic mass is 9.96. The highest BCUT2D eigenvalue weighted by molar-refractivity contribution is 7.87. The number of hydrogen-bond donors (Lipinski definition) is 0. The Hall–Kier alpha value is -4.19. The number of methoxy groups -OCH3 is 1. The molecule has 0 aliphatic carbocycles. The van der Waals surface area contributed by atoms with E-state index in [2.05, 4.69) is 4.99 Å². The Morgan fingerprint density at radius 1 is 1.07 bits per heavy atom. The number of nitrogens with zero attached hydrogens (tertiary/aromatic N) is 2. The minimum absolute atomic E-state index is 0.00240. The number of benzene rings is 3. The Morgan fingerprint density at radius 3 is 2.45 bits per heavy atom. The van der Waals surface area contributed by atoms with Crippen molar-refractivity contribution in [1.29, 1.82) is 0 Å². The summed E-state index contributed by atoms with van der Waals surface area (Å²) in [5.41, 5.74) is 1.59. The van der Waals surface area contributed by atoms with Crippen molar-refractivity contribution in [3.05, 3.63) is 120 Å². The molecule has 2 heterocycles. The Morgan fingerprint density at radius 2 is 1.79 bits per heavy atom. The van der Waals surface area contributed by atoms with Crippen LogP contribution in [0.3, 0.4) is 0 Å². The Balaban J connectivity index is 1.58. The summed E-state index contributed by atoms with van der Waals surface area (Å²) in [6.07, 6.45) is 1.64. The van der Waals surface area contributed by atoms with Gasteiger partial charge >= 0.3 is 16.1 Å². The van der Waals surface area contributed by atoms with Gasteiger partial charge in [0.25, 0.3) is 5.56 Å². The number of allylic oxidation sites excluding steroid dienone is 1. The van der Waals surface area contributed by atoms with Crippen molar-refractivity contribution in [3.8, 4) is 11.5 Å². The molecule has 12 heteroatoms. The van der Waals surface area contributed by atoms with Crippen molar-refractivity contribution < 1.29 is 26.9 Å². The third-order valence-electron chi connectivity index (χ3n) is 6.42. The minimum Gasteiger partial charge on any atom is -0.493 e. The van der Waals surface area contributed by atoms with Crippen molar-refractivity contribution in [1.82, 2.24) is 4.57 Å². The fraction of sp³-hybridized carbons (Fsp3) is 0.167. The van der Waals surface area contributed by atoms with Crippen LogP contribution in [0, 0.1) is 0 Å². The van der Waals surface area contributed by atoms with E-state index in [-0.39, 0.29) is 34.1 Å². The van der Waals surface area contributed by atoms with Crippen molar-refractivity contribution in [2.75, 3.05) is 13.7 Å². The number of esters is 1. The molecule has 0 fully saturated rings. The van der Waals surface area contributed by atoms with Gasteiger partial charge in [0, 0.05) is 5.02 Å². The number of halogens is 1. The summed E-state index contributed by atoms with van der Waals surface area (Å²) in [4.78, 5) is 31.8. The second kappa shape index (κ2) is 12.0. The van der Waals surface area contributed by atoms with Crippen molar-refractivity contribution in [2.24, 2.45) is 4.99 Å². The number of hydrogen-bond acceptors (Lipinski definition) is 9. The average Bonchev–Trinajstić information content (AvgIpc) is 3.27. The lowest BCUT2D eigenvalue weighted by Gasteiger charge is -2.24. The molecule has 1 aliphatic rings. The molecule has 0 N–H and O–H groups in total. The van der Waals surface area contributed by atoms with Crippen LogP contribution in [0.15, 0.2) is 98.7 Å². The van der Waals surface area contributed by atoms with Crippen molar-refractivity contribution >= 4 is 45.1 Å². The predicted molar refractivity (Wildman–Crippen MR) is 159 cm³/mol. The summed E-state index contributed by atoms with van der Waals surface area (Å²) < 4.78 is 43.3. The van der Waals surface area contributed by atoms with E-state index in [1.165, 1.54) is 29.9 Å². The van der Waals surface area contributed by atoms with Gasteiger partial charge in [-0.15, -0.1) is 0 Å². The number of rotatable bonds is 8. The smallest absolute Gasteiger partial charge is 0.339 e. The first-order valence-corrected chi connectivity index (χ1v) is 15.4. The van der Waals surface area contributed by atoms with E-state index in [1.54, 1.807) is 74.5 Å². The van der Waals surface area contributed by atoms with Crippen LogP contribution in [0.1, 0.15) is 31.0 Å². The zero-order chi connectivity index (χ0) is 30.0. The summed E-state index contributed by atoms with van der Waals surface area (Å²) in [6.45, 7) is 3.59. The second-order valence-electron chi connectivity index (χ2n) is 9.11. The molecule has 9 nitrogen and oxygen atoms in total. The molecule has 0 spiro atoms. The maximum Gasteiger partial charge on any atom is 0.339 e. The highest BCUT2D eigenvalue weighted by Crippen LogP contribution is 2.32. The van der Waals surface area contributed by atoms with Crippen LogP contribution < -0.4 is 23.8 Å². The molecule has 0 unspecified atom stereocenters. The predicted octanol–water partition coefficient (Wildman–Crippen LogP) is 4.23. The van der Waals surface area contributed by atoms with Gasteiger partial charge in [-0.2, -0.15) is 8.42 Å². The molecule has 0 amide bonds. The van der Waals surface area contributed by atoms with E-state index in [9.17, 15) is 18.0 Å². The van der Waals surface area contributed by atoms with Crippen LogP contribution in [0.4, 0.5) is 0 Å². The summed E-state index contributed by atoms with van der Waals surface area (Å²) in [7, 11) is -2.70. The molecule has 1 aromatic heterocycles. The Bertz CT molecular complexity index is 1980. The van der Waals surface area contributed by atoms with Crippen LogP contribution in [-0.4, -0.2) is 32.7 Å². The SMILES string of the molecule is CCOC(=O)C1=C(C)N=c2s/c(=C\c3ccc(OS(=O)(=O)c4ccccc4)c(OC)c3)c(=O)n2[C@H]1c1ccc(Cl)cc1. The van der Waals surface area contributed by atoms with Gasteiger partial charge in [0.05, 0.1) is 35.6 Å². The first-order chi connectivity index (χ1) is 20.1. The minimum atomic E-state index is -4.09. The van der Waals surface area contributed by atoms with Crippen LogP contribution in [0.2, 0.25) is 5.02 Å². The fourth-order valence-electron chi connectivity index (χ4n) is 4.50. The van der Waals surface area contributed by atoms with E-state index in [0.29, 0.717) is 31.2 Å². The second-order valence-corrected chi connectivity index (χ2v) is 12.1. The molecule has 0 radical (unpaired) electrons. The van der Waals surface area contributed by atoms with Crippen LogP contribution in [-0.2, 0) is 19.6 Å². The van der Waals surface area contributed by atoms with Gasteiger partial charge in [0.1, 0.15) is 4.90 Å². The molecule has 42 heavy (non-hydrogen) atoms. The molecule has 0 bridgehead atoms. The maximum atomic E-state index is 13.8. The maximum absolute atomic E-state index is 13.8. The van der Waals surface area contributed by atoms with Crippen molar-refractivity contribution in [3.63, 3.8) is 0 Å². The molecular formula is C30H25ClN2O7S2. The van der Waals surface area contributed by atoms with Gasteiger partial charge in [0.15, 0.2) is 16.3 Å². The lowest BCUT2D eigenvalue weighted by Crippen LogP contribution is -2.39. The van der Waals surface area contributed by atoms with E-state index < -0.39 is 22.1 Å². The number of carbonyl (C=O) groups excluding carboxylic acids is 1. The van der Waals surface area contributed by atoms with Crippen LogP contribution >= 0.6 is 22.9 Å². The standard InChI is InChI=1S/C30H25ClN2O7S2/c1-4-39-29(35)26-18(2)32-30-33(27(26)20-11-13-21(31)14-12-20)28(34)25(41-30)17-19-10-15-23(24(16-19)38-3)40-42(36,37)22-8-6-5-7-9-22/h5-17,27H,4H2,1-3H3/b25-17-/t27-/m0/s1. The summed E-state index contributed by atoms with van der Waals surface area (Å²) in [6, 6.07) is 18.5. The van der Waals surface area contributed by atoms with Crippen molar-refractivity contribution in [2.45, 2.75) is 24.8 Å². The molecule has 216 valence electrons. The number of fused-ring (bicyclic) bond motifs is 1. The first kappa shape index (κ1) is 29.3. The van der Waals surface area contributed by atoms with Gasteiger partial charge in [-0.05, 0) is 67.4 Å². The molecule has 3 aromatic carbocycles. The molecular weight excluding hydrogens is 600 g/mol. The largest absolute Gasteiger partial charge is 0.493 e. The first-order valence-electron chi connectivity index (χ1n) is 12.8. The molecule has 0 saturated carbocycles. The summed E-state index contributed by atoms with van der Waals surface area (Å²) >= 11 is 7.27. The normalized spacial score (nSPS) is 15.1. The number of thiazole rings is 1. The number of ether oxygens (including phenoxy) is 2. The highest BCUT2D eigenvalue weighted by atomic mass is 35.5. The lowest BCUT2D eigenvalue weighted by molar-refractivity contribution is -0.139. The highest BCUT2D eigenvalue weighted by Gasteiger charge is 2.33. The molecule has 5 rings (SSSR count). The molecule has 1 atom stereocenters.